The first-order valence-electron chi connectivity index (χ1n) is 8.09. The standard InChI is InChI=1S/C17H19N5O4/c1-25-16(26-2)13-7-5-11-4-3-9-22(15(11)19-13)17(23)20-14-8-6-12(21-24)10-18-14/h5-8,10,16H,3-4,9H2,1-2H3,(H,18,20,23). The highest BCUT2D eigenvalue weighted by molar-refractivity contribution is 6.01. The first-order chi connectivity index (χ1) is 12.7. The van der Waals surface area contributed by atoms with Crippen molar-refractivity contribution in [2.45, 2.75) is 19.1 Å². The number of pyridine rings is 2. The van der Waals surface area contributed by atoms with Gasteiger partial charge in [0.2, 0.25) is 6.29 Å². The van der Waals surface area contributed by atoms with Gasteiger partial charge in [-0.15, -0.1) is 4.91 Å². The third-order valence-electron chi connectivity index (χ3n) is 4.06. The maximum absolute atomic E-state index is 12.7. The molecule has 0 bridgehead atoms. The molecule has 0 fully saturated rings. The van der Waals surface area contributed by atoms with Crippen LogP contribution in [-0.4, -0.2) is 36.8 Å². The highest BCUT2D eigenvalue weighted by atomic mass is 16.7. The maximum Gasteiger partial charge on any atom is 0.328 e. The quantitative estimate of drug-likeness (QED) is 0.651. The summed E-state index contributed by atoms with van der Waals surface area (Å²) >= 11 is 0. The zero-order chi connectivity index (χ0) is 18.5. The van der Waals surface area contributed by atoms with Gasteiger partial charge in [-0.2, -0.15) is 0 Å². The molecule has 0 radical (unpaired) electrons. The predicted octanol–water partition coefficient (Wildman–Crippen LogP) is 3.15. The largest absolute Gasteiger partial charge is 0.350 e. The topological polar surface area (TPSA) is 106 Å². The Balaban J connectivity index is 1.83. The lowest BCUT2D eigenvalue weighted by Gasteiger charge is -2.29. The van der Waals surface area contributed by atoms with Crippen molar-refractivity contribution < 1.29 is 14.3 Å². The lowest BCUT2D eigenvalue weighted by atomic mass is 10.1. The van der Waals surface area contributed by atoms with E-state index < -0.39 is 6.29 Å². The molecule has 0 unspecified atom stereocenters. The van der Waals surface area contributed by atoms with Gasteiger partial charge >= 0.3 is 6.03 Å². The minimum Gasteiger partial charge on any atom is -0.350 e. The Morgan fingerprint density at radius 3 is 2.73 bits per heavy atom. The van der Waals surface area contributed by atoms with Gasteiger partial charge in [0.1, 0.15) is 17.3 Å². The Kier molecular flexibility index (Phi) is 5.49. The Morgan fingerprint density at radius 2 is 2.08 bits per heavy atom. The van der Waals surface area contributed by atoms with E-state index in [1.54, 1.807) is 4.90 Å². The fraction of sp³-hybridized carbons (Fsp3) is 0.353. The zero-order valence-electron chi connectivity index (χ0n) is 14.5. The summed E-state index contributed by atoms with van der Waals surface area (Å²) in [5.74, 6) is 0.911. The number of carbonyl (C=O) groups is 1. The van der Waals surface area contributed by atoms with Crippen molar-refractivity contribution in [1.29, 1.82) is 0 Å². The van der Waals surface area contributed by atoms with Gasteiger partial charge in [-0.25, -0.2) is 14.8 Å². The van der Waals surface area contributed by atoms with E-state index in [0.29, 0.717) is 23.9 Å². The van der Waals surface area contributed by atoms with Gasteiger partial charge in [0, 0.05) is 20.8 Å². The molecule has 9 nitrogen and oxygen atoms in total. The van der Waals surface area contributed by atoms with E-state index in [0.717, 1.165) is 18.4 Å². The summed E-state index contributed by atoms with van der Waals surface area (Å²) in [6.07, 6.45) is 2.37. The van der Waals surface area contributed by atoms with Crippen molar-refractivity contribution in [2.24, 2.45) is 5.18 Å². The van der Waals surface area contributed by atoms with Gasteiger partial charge in [-0.1, -0.05) is 6.07 Å². The molecule has 3 rings (SSSR count). The number of ether oxygens (including phenoxy) is 2. The van der Waals surface area contributed by atoms with Gasteiger partial charge in [-0.05, 0) is 41.8 Å². The number of anilines is 2. The Labute approximate surface area is 150 Å². The fourth-order valence-corrected chi connectivity index (χ4v) is 2.81. The van der Waals surface area contributed by atoms with E-state index in [4.69, 9.17) is 9.47 Å². The van der Waals surface area contributed by atoms with Crippen molar-refractivity contribution in [3.8, 4) is 0 Å². The van der Waals surface area contributed by atoms with Crippen LogP contribution in [0.2, 0.25) is 0 Å². The number of nitrogens with one attached hydrogen (secondary N) is 1. The van der Waals surface area contributed by atoms with Crippen LogP contribution in [0.3, 0.4) is 0 Å². The number of aryl methyl sites for hydroxylation is 1. The molecule has 26 heavy (non-hydrogen) atoms. The number of nitroso groups, excluding NO2 is 1. The number of hydrogen-bond donors (Lipinski definition) is 1. The SMILES string of the molecule is COC(OC)c1ccc2c(n1)N(C(=O)Nc1ccc(N=O)cn1)CCC2. The van der Waals surface area contributed by atoms with Crippen molar-refractivity contribution in [1.82, 2.24) is 9.97 Å². The molecule has 0 spiro atoms. The average molecular weight is 357 g/mol. The van der Waals surface area contributed by atoms with E-state index in [1.165, 1.54) is 32.5 Å². The van der Waals surface area contributed by atoms with E-state index in [-0.39, 0.29) is 11.7 Å². The molecule has 0 saturated heterocycles. The summed E-state index contributed by atoms with van der Waals surface area (Å²) in [7, 11) is 3.06. The highest BCUT2D eigenvalue weighted by Gasteiger charge is 2.26. The molecule has 0 aromatic carbocycles. The van der Waals surface area contributed by atoms with Gasteiger partial charge in [0.05, 0.1) is 11.9 Å². The molecular formula is C17H19N5O4. The summed E-state index contributed by atoms with van der Waals surface area (Å²) in [5, 5.41) is 5.49. The first kappa shape index (κ1) is 17.9. The number of nitrogens with zero attached hydrogens (tertiary/aromatic N) is 4. The highest BCUT2D eigenvalue weighted by Crippen LogP contribution is 2.28. The number of urea groups is 1. The molecule has 0 saturated carbocycles. The Morgan fingerprint density at radius 1 is 1.27 bits per heavy atom. The van der Waals surface area contributed by atoms with Crippen LogP contribution in [0, 0.1) is 4.91 Å². The summed E-state index contributed by atoms with van der Waals surface area (Å²) in [6, 6.07) is 6.43. The molecule has 1 aliphatic heterocycles. The van der Waals surface area contributed by atoms with Crippen LogP contribution >= 0.6 is 0 Å². The number of methoxy groups -OCH3 is 2. The number of aromatic nitrogens is 2. The molecule has 136 valence electrons. The molecule has 3 heterocycles. The number of carbonyl (C=O) groups excluding carboxylic acids is 1. The summed E-state index contributed by atoms with van der Waals surface area (Å²) in [5.41, 5.74) is 1.77. The minimum atomic E-state index is -0.600. The Bertz CT molecular complexity index is 792. The van der Waals surface area contributed by atoms with Crippen molar-refractivity contribution >= 4 is 23.4 Å². The second kappa shape index (κ2) is 7.98. The monoisotopic (exact) mass is 357 g/mol. The molecule has 1 aliphatic rings. The van der Waals surface area contributed by atoms with Crippen LogP contribution in [-0.2, 0) is 15.9 Å². The van der Waals surface area contributed by atoms with Crippen LogP contribution in [0.15, 0.2) is 35.6 Å². The molecule has 9 heteroatoms. The molecule has 2 aromatic heterocycles. The minimum absolute atomic E-state index is 0.197. The third-order valence-corrected chi connectivity index (χ3v) is 4.06. The zero-order valence-corrected chi connectivity index (χ0v) is 14.5. The van der Waals surface area contributed by atoms with Crippen LogP contribution in [0.25, 0.3) is 0 Å². The second-order valence-corrected chi connectivity index (χ2v) is 5.70. The molecular weight excluding hydrogens is 338 g/mol. The smallest absolute Gasteiger partial charge is 0.328 e. The number of hydrogen-bond acceptors (Lipinski definition) is 7. The van der Waals surface area contributed by atoms with E-state index in [1.807, 2.05) is 12.1 Å². The summed E-state index contributed by atoms with van der Waals surface area (Å²) in [4.78, 5) is 33.3. The predicted molar refractivity (Wildman–Crippen MR) is 95.4 cm³/mol. The fourth-order valence-electron chi connectivity index (χ4n) is 2.81. The second-order valence-electron chi connectivity index (χ2n) is 5.70. The Hall–Kier alpha value is -2.91. The van der Waals surface area contributed by atoms with Crippen LogP contribution < -0.4 is 10.2 Å². The van der Waals surface area contributed by atoms with Crippen molar-refractivity contribution in [2.75, 3.05) is 31.0 Å². The normalized spacial score (nSPS) is 13.4. The first-order valence-corrected chi connectivity index (χ1v) is 8.09. The molecule has 0 aliphatic carbocycles. The summed E-state index contributed by atoms with van der Waals surface area (Å²) in [6.45, 7) is 0.536. The van der Waals surface area contributed by atoms with Gasteiger partial charge < -0.3 is 9.47 Å². The van der Waals surface area contributed by atoms with Gasteiger partial charge in [-0.3, -0.25) is 10.2 Å². The molecule has 1 N–H and O–H groups in total. The number of fused-ring (bicyclic) bond motifs is 1. The van der Waals surface area contributed by atoms with Crippen LogP contribution in [0.1, 0.15) is 24.0 Å². The maximum atomic E-state index is 12.7. The summed E-state index contributed by atoms with van der Waals surface area (Å²) < 4.78 is 10.5. The van der Waals surface area contributed by atoms with Crippen LogP contribution in [0.4, 0.5) is 22.1 Å². The van der Waals surface area contributed by atoms with Gasteiger partial charge in [0.15, 0.2) is 0 Å². The van der Waals surface area contributed by atoms with E-state index >= 15 is 0 Å². The molecule has 2 amide bonds. The van der Waals surface area contributed by atoms with E-state index in [9.17, 15) is 9.70 Å². The molecule has 2 aromatic rings. The van der Waals surface area contributed by atoms with Gasteiger partial charge in [0.25, 0.3) is 0 Å². The average Bonchev–Trinajstić information content (AvgIpc) is 2.69. The lowest BCUT2D eigenvalue weighted by Crippen LogP contribution is -2.39. The number of amides is 2. The third kappa shape index (κ3) is 3.68. The van der Waals surface area contributed by atoms with E-state index in [2.05, 4.69) is 20.5 Å². The van der Waals surface area contributed by atoms with Crippen molar-refractivity contribution in [3.05, 3.63) is 46.6 Å². The van der Waals surface area contributed by atoms with Crippen LogP contribution in [0.5, 0.6) is 0 Å². The lowest BCUT2D eigenvalue weighted by molar-refractivity contribution is -0.108. The van der Waals surface area contributed by atoms with Crippen molar-refractivity contribution in [3.63, 3.8) is 0 Å². The number of rotatable bonds is 5. The molecule has 0 atom stereocenters.